The average Bonchev–Trinajstić information content (AvgIpc) is 3.44. The Morgan fingerprint density at radius 3 is 1.84 bits per heavy atom. The van der Waals surface area contributed by atoms with Gasteiger partial charge in [0.2, 0.25) is 0 Å². The Hall–Kier alpha value is -3.83. The number of anilines is 1. The number of hydrogen-bond donors (Lipinski definition) is 3. The number of urea groups is 1. The van der Waals surface area contributed by atoms with Crippen molar-refractivity contribution in [2.75, 3.05) is 11.9 Å². The number of para-hydroxylation sites is 1. The van der Waals surface area contributed by atoms with E-state index in [9.17, 15) is 4.79 Å². The second-order valence-corrected chi connectivity index (χ2v) is 10.1. The van der Waals surface area contributed by atoms with E-state index in [0.29, 0.717) is 24.9 Å². The summed E-state index contributed by atoms with van der Waals surface area (Å²) in [5.74, 6) is 0.580. The molecule has 37 heavy (non-hydrogen) atoms. The number of benzene rings is 3. The van der Waals surface area contributed by atoms with E-state index in [1.54, 1.807) is 12.5 Å². The number of furan rings is 1. The Kier molecular flexibility index (Phi) is 8.47. The van der Waals surface area contributed by atoms with Crippen LogP contribution in [0.4, 0.5) is 10.5 Å². The highest BCUT2D eigenvalue weighted by molar-refractivity contribution is 5.91. The summed E-state index contributed by atoms with van der Waals surface area (Å²) in [6.07, 6.45) is 3.41. The third-order valence-corrected chi connectivity index (χ3v) is 6.83. The third-order valence-electron chi connectivity index (χ3n) is 6.83. The number of carbonyl (C=O) groups excluding carboxylic acids is 1. The van der Waals surface area contributed by atoms with E-state index < -0.39 is 5.54 Å². The number of carbonyl (C=O) groups is 1. The van der Waals surface area contributed by atoms with Crippen molar-refractivity contribution in [3.63, 3.8) is 0 Å². The minimum Gasteiger partial charge on any atom is -0.472 e. The fraction of sp³-hybridized carbons (Fsp3) is 0.281. The van der Waals surface area contributed by atoms with E-state index >= 15 is 0 Å². The molecule has 1 aromatic heterocycles. The van der Waals surface area contributed by atoms with Crippen molar-refractivity contribution in [3.05, 3.63) is 125 Å². The maximum atomic E-state index is 13.4. The lowest BCUT2D eigenvalue weighted by atomic mass is 9.82. The zero-order valence-electron chi connectivity index (χ0n) is 22.1. The van der Waals surface area contributed by atoms with Crippen LogP contribution in [0.5, 0.6) is 0 Å². The Bertz CT molecular complexity index is 1200. The van der Waals surface area contributed by atoms with Gasteiger partial charge in [0.1, 0.15) is 0 Å². The van der Waals surface area contributed by atoms with Gasteiger partial charge < -0.3 is 15.1 Å². The fourth-order valence-corrected chi connectivity index (χ4v) is 4.79. The summed E-state index contributed by atoms with van der Waals surface area (Å²) in [5, 5.41) is 10.1. The van der Waals surface area contributed by atoms with Crippen LogP contribution < -0.4 is 16.0 Å². The topological polar surface area (TPSA) is 66.3 Å². The molecule has 5 nitrogen and oxygen atoms in total. The van der Waals surface area contributed by atoms with Crippen LogP contribution in [0.25, 0.3) is 0 Å². The summed E-state index contributed by atoms with van der Waals surface area (Å²) in [4.78, 5) is 13.4. The monoisotopic (exact) mass is 495 g/mol. The molecule has 0 saturated heterocycles. The van der Waals surface area contributed by atoms with E-state index in [-0.39, 0.29) is 6.03 Å². The molecule has 1 heterocycles. The zero-order valence-corrected chi connectivity index (χ0v) is 22.1. The molecule has 0 unspecified atom stereocenters. The van der Waals surface area contributed by atoms with Gasteiger partial charge in [0, 0.05) is 24.3 Å². The molecule has 192 valence electrons. The first-order valence-electron chi connectivity index (χ1n) is 13.0. The molecule has 4 rings (SSSR count). The lowest BCUT2D eigenvalue weighted by Crippen LogP contribution is -2.52. The second kappa shape index (κ2) is 11.9. The molecule has 0 spiro atoms. The smallest absolute Gasteiger partial charge is 0.319 e. The third kappa shape index (κ3) is 6.12. The van der Waals surface area contributed by atoms with Crippen molar-refractivity contribution < 1.29 is 9.21 Å². The van der Waals surface area contributed by atoms with Crippen molar-refractivity contribution in [2.45, 2.75) is 51.6 Å². The Morgan fingerprint density at radius 1 is 0.784 bits per heavy atom. The van der Waals surface area contributed by atoms with Crippen LogP contribution in [0.3, 0.4) is 0 Å². The largest absolute Gasteiger partial charge is 0.472 e. The quantitative estimate of drug-likeness (QED) is 0.215. The second-order valence-electron chi connectivity index (χ2n) is 10.1. The van der Waals surface area contributed by atoms with Crippen LogP contribution in [-0.2, 0) is 12.1 Å². The molecule has 3 aromatic carbocycles. The fourth-order valence-electron chi connectivity index (χ4n) is 4.79. The SMILES string of the molecule is CC(C)c1cccc(C(C)C)c1NC(=O)NCC(NCc1ccoc1)(c1ccccc1)c1ccccc1. The molecule has 0 atom stereocenters. The van der Waals surface area contributed by atoms with E-state index in [1.165, 1.54) is 0 Å². The van der Waals surface area contributed by atoms with Gasteiger partial charge in [0.05, 0.1) is 18.1 Å². The van der Waals surface area contributed by atoms with Gasteiger partial charge in [-0.2, -0.15) is 0 Å². The van der Waals surface area contributed by atoms with Crippen molar-refractivity contribution in [1.29, 1.82) is 0 Å². The molecule has 0 saturated carbocycles. The first kappa shape index (κ1) is 26.2. The summed E-state index contributed by atoms with van der Waals surface area (Å²) in [7, 11) is 0. The molecule has 0 aliphatic rings. The Balaban J connectivity index is 1.66. The van der Waals surface area contributed by atoms with Gasteiger partial charge in [0.15, 0.2) is 0 Å². The van der Waals surface area contributed by atoms with Crippen molar-refractivity contribution in [2.24, 2.45) is 0 Å². The van der Waals surface area contributed by atoms with Gasteiger partial charge in [-0.15, -0.1) is 0 Å². The van der Waals surface area contributed by atoms with Crippen molar-refractivity contribution in [3.8, 4) is 0 Å². The molecule has 0 fully saturated rings. The first-order chi connectivity index (χ1) is 17.9. The number of hydrogen-bond acceptors (Lipinski definition) is 3. The molecular formula is C32H37N3O2. The van der Waals surface area contributed by atoms with E-state index in [2.05, 4.69) is 86.1 Å². The van der Waals surface area contributed by atoms with E-state index in [0.717, 1.165) is 33.5 Å². The van der Waals surface area contributed by atoms with Gasteiger partial charge in [-0.05, 0) is 40.2 Å². The summed E-state index contributed by atoms with van der Waals surface area (Å²) >= 11 is 0. The Labute approximate surface area is 220 Å². The van der Waals surface area contributed by atoms with Crippen LogP contribution in [0, 0.1) is 0 Å². The highest BCUT2D eigenvalue weighted by atomic mass is 16.3. The van der Waals surface area contributed by atoms with E-state index in [1.807, 2.05) is 42.5 Å². The summed E-state index contributed by atoms with van der Waals surface area (Å²) in [6, 6.07) is 28.5. The van der Waals surface area contributed by atoms with Crippen molar-refractivity contribution in [1.82, 2.24) is 10.6 Å². The molecule has 3 N–H and O–H groups in total. The average molecular weight is 496 g/mol. The summed E-state index contributed by atoms with van der Waals surface area (Å²) in [5.41, 5.74) is 5.68. The highest BCUT2D eigenvalue weighted by Crippen LogP contribution is 2.33. The summed E-state index contributed by atoms with van der Waals surface area (Å²) < 4.78 is 5.30. The van der Waals surface area contributed by atoms with Crippen LogP contribution in [-0.4, -0.2) is 12.6 Å². The lowest BCUT2D eigenvalue weighted by molar-refractivity contribution is 0.247. The van der Waals surface area contributed by atoms with E-state index in [4.69, 9.17) is 4.42 Å². The predicted molar refractivity (Wildman–Crippen MR) is 151 cm³/mol. The molecule has 0 bridgehead atoms. The standard InChI is InChI=1S/C32H37N3O2/c1-23(2)28-16-11-17-29(24(3)4)30(28)35-31(36)33-22-32(26-12-7-5-8-13-26,27-14-9-6-10-15-27)34-20-25-18-19-37-21-25/h5-19,21,23-24,34H,20,22H2,1-4H3,(H2,33,35,36). The van der Waals surface area contributed by atoms with Gasteiger partial charge in [-0.1, -0.05) is 107 Å². The minimum absolute atomic E-state index is 0.226. The number of nitrogens with one attached hydrogen (secondary N) is 3. The minimum atomic E-state index is -0.657. The first-order valence-corrected chi connectivity index (χ1v) is 13.0. The van der Waals surface area contributed by atoms with Crippen LogP contribution in [0.15, 0.2) is 102 Å². The van der Waals surface area contributed by atoms with Gasteiger partial charge in [-0.25, -0.2) is 4.79 Å². The molecule has 0 aliphatic carbocycles. The lowest BCUT2D eigenvalue weighted by Gasteiger charge is -2.36. The molecule has 0 radical (unpaired) electrons. The molecule has 4 aromatic rings. The maximum Gasteiger partial charge on any atom is 0.319 e. The Morgan fingerprint density at radius 2 is 1.35 bits per heavy atom. The van der Waals surface area contributed by atoms with Crippen LogP contribution in [0.2, 0.25) is 0 Å². The summed E-state index contributed by atoms with van der Waals surface area (Å²) in [6.45, 7) is 9.54. The normalized spacial score (nSPS) is 11.6. The molecule has 5 heteroatoms. The maximum absolute atomic E-state index is 13.4. The molecule has 0 aliphatic heterocycles. The predicted octanol–water partition coefficient (Wildman–Crippen LogP) is 7.38. The number of rotatable bonds is 10. The highest BCUT2D eigenvalue weighted by Gasteiger charge is 2.34. The van der Waals surface area contributed by atoms with Gasteiger partial charge >= 0.3 is 6.03 Å². The zero-order chi connectivity index (χ0) is 26.3. The van der Waals surface area contributed by atoms with Crippen molar-refractivity contribution >= 4 is 11.7 Å². The van der Waals surface area contributed by atoms with Gasteiger partial charge in [0.25, 0.3) is 0 Å². The molecule has 2 amide bonds. The molecular weight excluding hydrogens is 458 g/mol. The number of amides is 2. The van der Waals surface area contributed by atoms with Crippen LogP contribution >= 0.6 is 0 Å². The van der Waals surface area contributed by atoms with Gasteiger partial charge in [-0.3, -0.25) is 5.32 Å². The van der Waals surface area contributed by atoms with Crippen LogP contribution in [0.1, 0.15) is 67.3 Å².